The molecule has 1 N–H and O–H groups in total. The van der Waals surface area contributed by atoms with E-state index in [1.54, 1.807) is 23.4 Å². The first-order valence-corrected chi connectivity index (χ1v) is 9.56. The minimum atomic E-state index is -3.12. The molecule has 9 heteroatoms. The number of sulfone groups is 1. The Morgan fingerprint density at radius 3 is 2.67 bits per heavy atom. The van der Waals surface area contributed by atoms with Gasteiger partial charge >= 0.3 is 0 Å². The van der Waals surface area contributed by atoms with Crippen LogP contribution in [0.15, 0.2) is 24.0 Å². The first kappa shape index (κ1) is 19.0. The molecule has 1 amide bonds. The Labute approximate surface area is 148 Å². The Bertz CT molecular complexity index is 713. The summed E-state index contributed by atoms with van der Waals surface area (Å²) in [6.45, 7) is 5.51. The van der Waals surface area contributed by atoms with Crippen molar-refractivity contribution in [3.05, 3.63) is 29.9 Å². The molecule has 0 saturated carbocycles. The number of imidazole rings is 1. The minimum absolute atomic E-state index is 0. The van der Waals surface area contributed by atoms with Gasteiger partial charge in [0.2, 0.25) is 5.91 Å². The summed E-state index contributed by atoms with van der Waals surface area (Å²) in [7, 11) is -3.12. The maximum atomic E-state index is 12.4. The third kappa shape index (κ3) is 3.99. The van der Waals surface area contributed by atoms with E-state index in [9.17, 15) is 13.2 Å². The number of halogens is 1. The number of hydrogen-bond acceptors (Lipinski definition) is 5. The van der Waals surface area contributed by atoms with Gasteiger partial charge in [0, 0.05) is 37.6 Å². The van der Waals surface area contributed by atoms with Crippen molar-refractivity contribution in [3.8, 4) is 0 Å². The van der Waals surface area contributed by atoms with Gasteiger partial charge in [-0.25, -0.2) is 13.4 Å². The van der Waals surface area contributed by atoms with Crippen molar-refractivity contribution in [2.75, 3.05) is 24.6 Å². The van der Waals surface area contributed by atoms with Crippen LogP contribution in [0.4, 0.5) is 0 Å². The molecule has 2 saturated heterocycles. The van der Waals surface area contributed by atoms with E-state index in [0.717, 1.165) is 11.4 Å². The molecule has 2 aliphatic rings. The highest BCUT2D eigenvalue weighted by molar-refractivity contribution is 7.91. The number of aromatic amines is 1. The number of fused-ring (bicyclic) bond motifs is 1. The minimum Gasteiger partial charge on any atom is -0.348 e. The fourth-order valence-corrected chi connectivity index (χ4v) is 5.41. The molecule has 1 aromatic heterocycles. The number of aromatic nitrogens is 2. The Morgan fingerprint density at radius 1 is 1.33 bits per heavy atom. The third-order valence-electron chi connectivity index (χ3n) is 4.39. The second kappa shape index (κ2) is 7.25. The molecule has 0 unspecified atom stereocenters. The lowest BCUT2D eigenvalue weighted by Gasteiger charge is -2.43. The van der Waals surface area contributed by atoms with E-state index in [4.69, 9.17) is 0 Å². The van der Waals surface area contributed by atoms with Crippen molar-refractivity contribution < 1.29 is 13.2 Å². The summed E-state index contributed by atoms with van der Waals surface area (Å²) in [5.41, 5.74) is 0.922. The topological polar surface area (TPSA) is 86.4 Å². The predicted molar refractivity (Wildman–Crippen MR) is 93.6 cm³/mol. The third-order valence-corrected chi connectivity index (χ3v) is 6.09. The van der Waals surface area contributed by atoms with Crippen molar-refractivity contribution in [2.45, 2.75) is 32.5 Å². The van der Waals surface area contributed by atoms with Gasteiger partial charge < -0.3 is 9.88 Å². The molecule has 2 atom stereocenters. The zero-order chi connectivity index (χ0) is 16.6. The van der Waals surface area contributed by atoms with Crippen molar-refractivity contribution in [1.29, 1.82) is 0 Å². The van der Waals surface area contributed by atoms with Gasteiger partial charge in [0.15, 0.2) is 9.84 Å². The molecule has 0 aromatic carbocycles. The number of nitrogens with zero attached hydrogens (tertiary/aromatic N) is 3. The summed E-state index contributed by atoms with van der Waals surface area (Å²) in [6.07, 6.45) is 5.03. The zero-order valence-electron chi connectivity index (χ0n) is 13.8. The van der Waals surface area contributed by atoms with Gasteiger partial charge in [-0.2, -0.15) is 0 Å². The normalized spacial score (nSPS) is 25.7. The van der Waals surface area contributed by atoms with Crippen LogP contribution in [0.2, 0.25) is 0 Å². The lowest BCUT2D eigenvalue weighted by atomic mass is 10.0. The van der Waals surface area contributed by atoms with Gasteiger partial charge in [-0.3, -0.25) is 9.69 Å². The molecule has 134 valence electrons. The summed E-state index contributed by atoms with van der Waals surface area (Å²) < 4.78 is 24.3. The molecule has 0 spiro atoms. The van der Waals surface area contributed by atoms with E-state index in [-0.39, 0.29) is 41.9 Å². The molecule has 2 aliphatic heterocycles. The first-order chi connectivity index (χ1) is 10.9. The number of hydrogen-bond donors (Lipinski definition) is 1. The average molecular weight is 375 g/mol. The van der Waals surface area contributed by atoms with Crippen LogP contribution in [0.25, 0.3) is 0 Å². The van der Waals surface area contributed by atoms with E-state index in [1.807, 2.05) is 13.8 Å². The van der Waals surface area contributed by atoms with Gasteiger partial charge in [0.1, 0.15) is 5.82 Å². The van der Waals surface area contributed by atoms with Crippen molar-refractivity contribution >= 4 is 28.2 Å². The molecule has 3 heterocycles. The van der Waals surface area contributed by atoms with Gasteiger partial charge in [-0.05, 0) is 13.8 Å². The number of H-pyrrole nitrogens is 1. The molecular formula is C15H23ClN4O3S. The molecule has 0 aliphatic carbocycles. The molecule has 24 heavy (non-hydrogen) atoms. The number of nitrogens with one attached hydrogen (secondary N) is 1. The van der Waals surface area contributed by atoms with Crippen LogP contribution in [0, 0.1) is 0 Å². The number of rotatable bonds is 3. The molecule has 0 radical (unpaired) electrons. The standard InChI is InChI=1S/C15H22N4O3S.ClH/c1-11(2)7-15(20)19-6-5-18(8-14-16-3-4-17-14)12-9-23(21,22)10-13(12)19;/h3-4,7,12-13H,5-6,8-10H2,1-2H3,(H,16,17);1H/t12-,13+;/m1./s1. The largest absolute Gasteiger partial charge is 0.348 e. The van der Waals surface area contributed by atoms with Crippen LogP contribution in [0.5, 0.6) is 0 Å². The van der Waals surface area contributed by atoms with E-state index in [0.29, 0.717) is 19.6 Å². The predicted octanol–water partition coefficient (Wildman–Crippen LogP) is 0.608. The summed E-state index contributed by atoms with van der Waals surface area (Å²) in [5.74, 6) is 0.887. The molecule has 2 fully saturated rings. The maximum absolute atomic E-state index is 12.4. The van der Waals surface area contributed by atoms with Gasteiger partial charge in [-0.1, -0.05) is 5.57 Å². The van der Waals surface area contributed by atoms with Crippen molar-refractivity contribution in [2.24, 2.45) is 0 Å². The Balaban J connectivity index is 0.00000208. The maximum Gasteiger partial charge on any atom is 0.246 e. The molecule has 0 bridgehead atoms. The second-order valence-electron chi connectivity index (χ2n) is 6.47. The molecular weight excluding hydrogens is 352 g/mol. The summed E-state index contributed by atoms with van der Waals surface area (Å²) in [6, 6.07) is -0.430. The number of piperazine rings is 1. The first-order valence-electron chi connectivity index (χ1n) is 7.74. The Hall–Kier alpha value is -1.38. The van der Waals surface area contributed by atoms with Crippen LogP contribution in [0.3, 0.4) is 0 Å². The van der Waals surface area contributed by atoms with Crippen molar-refractivity contribution in [1.82, 2.24) is 19.8 Å². The number of allylic oxidation sites excluding steroid dienone is 1. The lowest BCUT2D eigenvalue weighted by Crippen LogP contribution is -2.60. The Morgan fingerprint density at radius 2 is 2.04 bits per heavy atom. The fraction of sp³-hybridized carbons (Fsp3) is 0.600. The smallest absolute Gasteiger partial charge is 0.246 e. The molecule has 3 rings (SSSR count). The quantitative estimate of drug-likeness (QED) is 0.783. The number of carbonyl (C=O) groups excluding carboxylic acids is 1. The number of amides is 1. The second-order valence-corrected chi connectivity index (χ2v) is 8.63. The Kier molecular flexibility index (Phi) is 5.72. The van der Waals surface area contributed by atoms with E-state index in [1.165, 1.54) is 0 Å². The molecule has 1 aromatic rings. The molecule has 7 nitrogen and oxygen atoms in total. The van der Waals surface area contributed by atoms with Crippen LogP contribution in [0.1, 0.15) is 19.7 Å². The average Bonchev–Trinajstić information content (AvgIpc) is 3.04. The van der Waals surface area contributed by atoms with Crippen LogP contribution in [-0.4, -0.2) is 70.8 Å². The van der Waals surface area contributed by atoms with E-state index < -0.39 is 9.84 Å². The highest BCUT2D eigenvalue weighted by Gasteiger charge is 2.47. The van der Waals surface area contributed by atoms with Crippen LogP contribution < -0.4 is 0 Å². The van der Waals surface area contributed by atoms with Crippen LogP contribution in [-0.2, 0) is 21.2 Å². The summed E-state index contributed by atoms with van der Waals surface area (Å²) >= 11 is 0. The lowest BCUT2D eigenvalue weighted by molar-refractivity contribution is -0.131. The van der Waals surface area contributed by atoms with E-state index in [2.05, 4.69) is 14.9 Å². The van der Waals surface area contributed by atoms with Crippen LogP contribution >= 0.6 is 12.4 Å². The van der Waals surface area contributed by atoms with Gasteiger partial charge in [0.25, 0.3) is 0 Å². The highest BCUT2D eigenvalue weighted by Crippen LogP contribution is 2.28. The van der Waals surface area contributed by atoms with Gasteiger partial charge in [0.05, 0.1) is 24.1 Å². The van der Waals surface area contributed by atoms with Crippen molar-refractivity contribution in [3.63, 3.8) is 0 Å². The SMILES string of the molecule is CC(C)=CC(=O)N1CCN(Cc2ncc[nH]2)[C@@H]2CS(=O)(=O)C[C@@H]21.Cl. The van der Waals surface area contributed by atoms with E-state index >= 15 is 0 Å². The summed E-state index contributed by atoms with van der Waals surface area (Å²) in [4.78, 5) is 23.5. The fourth-order valence-electron chi connectivity index (χ4n) is 3.40. The summed E-state index contributed by atoms with van der Waals surface area (Å²) in [5, 5.41) is 0. The van der Waals surface area contributed by atoms with Gasteiger partial charge in [-0.15, -0.1) is 12.4 Å². The number of carbonyl (C=O) groups is 1. The monoisotopic (exact) mass is 374 g/mol. The zero-order valence-corrected chi connectivity index (χ0v) is 15.4. The highest BCUT2D eigenvalue weighted by atomic mass is 35.5.